The van der Waals surface area contributed by atoms with E-state index >= 15 is 0 Å². The van der Waals surface area contributed by atoms with Crippen molar-refractivity contribution in [3.63, 3.8) is 0 Å². The quantitative estimate of drug-likeness (QED) is 0.491. The van der Waals surface area contributed by atoms with Gasteiger partial charge in [-0.1, -0.05) is 23.4 Å². The molecule has 2 N–H and O–H groups in total. The first kappa shape index (κ1) is 21.7. The van der Waals surface area contributed by atoms with Crippen LogP contribution in [-0.4, -0.2) is 22.6 Å². The first-order valence-electron chi connectivity index (χ1n) is 8.32. The summed E-state index contributed by atoms with van der Waals surface area (Å²) in [6.45, 7) is 0. The number of halogens is 4. The standard InChI is InChI=1S/C19H13ClF3N3O3S/c20-12-4-5-13(14(8-12)26-18(28)15-2-1-7-29-15)25-16(27)10-30-17-6-3-11(9-24-17)19(21,22)23/h1-9H,10H2,(H,25,27)(H,26,28). The van der Waals surface area contributed by atoms with E-state index in [0.717, 1.165) is 17.8 Å². The third kappa shape index (κ3) is 5.77. The number of benzene rings is 1. The minimum atomic E-state index is -4.47. The predicted octanol–water partition coefficient (Wildman–Crippen LogP) is 5.33. The maximum Gasteiger partial charge on any atom is 0.417 e. The number of anilines is 2. The van der Waals surface area contributed by atoms with Gasteiger partial charge in [0.25, 0.3) is 5.91 Å². The summed E-state index contributed by atoms with van der Waals surface area (Å²) in [5.41, 5.74) is -0.311. The number of carbonyl (C=O) groups excluding carboxylic acids is 2. The molecule has 3 rings (SSSR count). The molecule has 0 saturated heterocycles. The lowest BCUT2D eigenvalue weighted by atomic mass is 10.2. The number of aromatic nitrogens is 1. The molecule has 0 bridgehead atoms. The first-order chi connectivity index (χ1) is 14.2. The molecule has 3 aromatic rings. The van der Waals surface area contributed by atoms with E-state index in [0.29, 0.717) is 16.9 Å². The van der Waals surface area contributed by atoms with Crippen molar-refractivity contribution in [1.82, 2.24) is 4.98 Å². The summed E-state index contributed by atoms with van der Waals surface area (Å²) in [6.07, 6.45) is -2.41. The Morgan fingerprint density at radius 1 is 1.10 bits per heavy atom. The third-order valence-corrected chi connectivity index (χ3v) is 4.84. The van der Waals surface area contributed by atoms with Gasteiger partial charge in [0, 0.05) is 11.2 Å². The van der Waals surface area contributed by atoms with Crippen LogP contribution in [0.25, 0.3) is 0 Å². The average molecular weight is 456 g/mol. The monoisotopic (exact) mass is 455 g/mol. The van der Waals surface area contributed by atoms with Gasteiger partial charge in [0.05, 0.1) is 34.0 Å². The van der Waals surface area contributed by atoms with Gasteiger partial charge in [-0.2, -0.15) is 13.2 Å². The van der Waals surface area contributed by atoms with Gasteiger partial charge in [-0.3, -0.25) is 9.59 Å². The molecule has 0 unspecified atom stereocenters. The number of rotatable bonds is 6. The SMILES string of the molecule is O=C(CSc1ccc(C(F)(F)F)cn1)Nc1ccc(Cl)cc1NC(=O)c1ccco1. The smallest absolute Gasteiger partial charge is 0.417 e. The molecule has 0 fully saturated rings. The van der Waals surface area contributed by atoms with Gasteiger partial charge in [0.2, 0.25) is 5.91 Å². The van der Waals surface area contributed by atoms with E-state index in [9.17, 15) is 22.8 Å². The van der Waals surface area contributed by atoms with Crippen LogP contribution in [-0.2, 0) is 11.0 Å². The number of hydrogen-bond donors (Lipinski definition) is 2. The molecular formula is C19H13ClF3N3O3S. The lowest BCUT2D eigenvalue weighted by molar-refractivity contribution is -0.137. The molecule has 6 nitrogen and oxygen atoms in total. The highest BCUT2D eigenvalue weighted by molar-refractivity contribution is 7.99. The maximum absolute atomic E-state index is 12.6. The summed E-state index contributed by atoms with van der Waals surface area (Å²) in [5.74, 6) is -0.998. The van der Waals surface area contributed by atoms with Crippen molar-refractivity contribution in [2.45, 2.75) is 11.2 Å². The number of thioether (sulfide) groups is 1. The number of alkyl halides is 3. The second kappa shape index (κ2) is 9.23. The molecule has 2 aromatic heterocycles. The van der Waals surface area contributed by atoms with Crippen molar-refractivity contribution in [2.75, 3.05) is 16.4 Å². The number of furan rings is 1. The van der Waals surface area contributed by atoms with Crippen molar-refractivity contribution in [3.05, 3.63) is 71.3 Å². The minimum absolute atomic E-state index is 0.0798. The molecular weight excluding hydrogens is 443 g/mol. The zero-order valence-electron chi connectivity index (χ0n) is 15.0. The van der Waals surface area contributed by atoms with Crippen LogP contribution in [0.2, 0.25) is 5.02 Å². The van der Waals surface area contributed by atoms with Crippen molar-refractivity contribution >= 4 is 46.6 Å². The third-order valence-electron chi connectivity index (χ3n) is 3.66. The number of hydrogen-bond acceptors (Lipinski definition) is 5. The summed E-state index contributed by atoms with van der Waals surface area (Å²) < 4.78 is 42.7. The largest absolute Gasteiger partial charge is 0.459 e. The Balaban J connectivity index is 1.63. The zero-order chi connectivity index (χ0) is 21.7. The van der Waals surface area contributed by atoms with E-state index in [1.807, 2.05) is 0 Å². The summed E-state index contributed by atoms with van der Waals surface area (Å²) >= 11 is 6.94. The van der Waals surface area contributed by atoms with E-state index < -0.39 is 23.6 Å². The Kier molecular flexibility index (Phi) is 6.68. The van der Waals surface area contributed by atoms with Gasteiger partial charge >= 0.3 is 6.18 Å². The molecule has 1 aromatic carbocycles. The van der Waals surface area contributed by atoms with Crippen molar-refractivity contribution in [2.24, 2.45) is 0 Å². The van der Waals surface area contributed by atoms with Gasteiger partial charge in [-0.25, -0.2) is 4.98 Å². The molecule has 0 aliphatic heterocycles. The summed E-state index contributed by atoms with van der Waals surface area (Å²) in [6, 6.07) is 9.63. The lowest BCUT2D eigenvalue weighted by Gasteiger charge is -2.12. The molecule has 0 aliphatic carbocycles. The van der Waals surface area contributed by atoms with Gasteiger partial charge in [-0.15, -0.1) is 0 Å². The van der Waals surface area contributed by atoms with E-state index in [2.05, 4.69) is 15.6 Å². The first-order valence-corrected chi connectivity index (χ1v) is 9.69. The molecule has 11 heteroatoms. The number of amides is 2. The van der Waals surface area contributed by atoms with E-state index in [-0.39, 0.29) is 22.2 Å². The van der Waals surface area contributed by atoms with Gasteiger partial charge in [0.15, 0.2) is 5.76 Å². The molecule has 2 amide bonds. The Hall–Kier alpha value is -2.98. The van der Waals surface area contributed by atoms with E-state index in [4.69, 9.17) is 16.0 Å². The van der Waals surface area contributed by atoms with Crippen molar-refractivity contribution in [3.8, 4) is 0 Å². The number of nitrogens with zero attached hydrogens (tertiary/aromatic N) is 1. The molecule has 0 radical (unpaired) electrons. The van der Waals surface area contributed by atoms with Crippen molar-refractivity contribution < 1.29 is 27.2 Å². The summed E-state index contributed by atoms with van der Waals surface area (Å²) in [4.78, 5) is 28.1. The van der Waals surface area contributed by atoms with Gasteiger partial charge in [0.1, 0.15) is 0 Å². The van der Waals surface area contributed by atoms with Crippen LogP contribution in [0.1, 0.15) is 16.1 Å². The van der Waals surface area contributed by atoms with Crippen molar-refractivity contribution in [1.29, 1.82) is 0 Å². The minimum Gasteiger partial charge on any atom is -0.459 e. The highest BCUT2D eigenvalue weighted by Crippen LogP contribution is 2.30. The van der Waals surface area contributed by atoms with Crippen LogP contribution >= 0.6 is 23.4 Å². The second-order valence-electron chi connectivity index (χ2n) is 5.84. The lowest BCUT2D eigenvalue weighted by Crippen LogP contribution is -2.17. The summed E-state index contributed by atoms with van der Waals surface area (Å²) in [7, 11) is 0. The number of pyridine rings is 1. The predicted molar refractivity (Wildman–Crippen MR) is 107 cm³/mol. The highest BCUT2D eigenvalue weighted by atomic mass is 35.5. The van der Waals surface area contributed by atoms with Crippen LogP contribution in [0.4, 0.5) is 24.5 Å². The Bertz CT molecular complexity index is 1040. The van der Waals surface area contributed by atoms with Crippen LogP contribution in [0.3, 0.4) is 0 Å². The van der Waals surface area contributed by atoms with Crippen LogP contribution < -0.4 is 10.6 Å². The number of carbonyl (C=O) groups is 2. The Labute approximate surface area is 177 Å². The molecule has 30 heavy (non-hydrogen) atoms. The normalized spacial score (nSPS) is 11.2. The van der Waals surface area contributed by atoms with E-state index in [1.54, 1.807) is 6.07 Å². The van der Waals surface area contributed by atoms with Crippen LogP contribution in [0.15, 0.2) is 64.4 Å². The molecule has 0 aliphatic rings. The zero-order valence-corrected chi connectivity index (χ0v) is 16.6. The summed E-state index contributed by atoms with van der Waals surface area (Å²) in [5, 5.41) is 5.82. The molecule has 156 valence electrons. The second-order valence-corrected chi connectivity index (χ2v) is 7.27. The van der Waals surface area contributed by atoms with Gasteiger partial charge < -0.3 is 15.1 Å². The Morgan fingerprint density at radius 3 is 2.53 bits per heavy atom. The molecule has 0 spiro atoms. The van der Waals surface area contributed by atoms with E-state index in [1.165, 1.54) is 36.6 Å². The topological polar surface area (TPSA) is 84.2 Å². The van der Waals surface area contributed by atoms with Crippen LogP contribution in [0, 0.1) is 0 Å². The Morgan fingerprint density at radius 2 is 1.90 bits per heavy atom. The highest BCUT2D eigenvalue weighted by Gasteiger charge is 2.30. The fourth-order valence-corrected chi connectivity index (χ4v) is 3.09. The van der Waals surface area contributed by atoms with Gasteiger partial charge in [-0.05, 0) is 42.5 Å². The van der Waals surface area contributed by atoms with Crippen LogP contribution in [0.5, 0.6) is 0 Å². The maximum atomic E-state index is 12.6. The molecule has 0 atom stereocenters. The fourth-order valence-electron chi connectivity index (χ4n) is 2.28. The molecule has 0 saturated carbocycles. The fraction of sp³-hybridized carbons (Fsp3) is 0.105. The average Bonchev–Trinajstić information content (AvgIpc) is 3.23. The molecule has 2 heterocycles. The number of nitrogens with one attached hydrogen (secondary N) is 2.